The number of nitrogens with zero attached hydrogens (tertiary/aromatic N) is 2. The molecule has 2 atom stereocenters. The lowest BCUT2D eigenvalue weighted by Crippen LogP contribution is -2.55. The van der Waals surface area contributed by atoms with Gasteiger partial charge in [-0.1, -0.05) is 24.3 Å². The van der Waals surface area contributed by atoms with E-state index in [1.54, 1.807) is 62.5 Å². The lowest BCUT2D eigenvalue weighted by molar-refractivity contribution is -0.128. The molecule has 11 heteroatoms. The Morgan fingerprint density at radius 2 is 1.85 bits per heavy atom. The van der Waals surface area contributed by atoms with Crippen molar-refractivity contribution in [2.45, 2.75) is 32.0 Å². The van der Waals surface area contributed by atoms with E-state index in [2.05, 4.69) is 10.6 Å². The second-order valence-electron chi connectivity index (χ2n) is 9.52. The van der Waals surface area contributed by atoms with Crippen LogP contribution >= 0.6 is 0 Å². The molecule has 0 saturated heterocycles. The predicted octanol–water partition coefficient (Wildman–Crippen LogP) is 1.87. The van der Waals surface area contributed by atoms with Gasteiger partial charge in [0.25, 0.3) is 5.91 Å². The van der Waals surface area contributed by atoms with E-state index < -0.39 is 24.0 Å². The fourth-order valence-corrected chi connectivity index (χ4v) is 4.80. The maximum atomic E-state index is 14.2. The molecular weight excluding hydrogens is 514 g/mol. The number of carbonyl (C=O) groups is 4. The molecule has 0 spiro atoms. The smallest absolute Gasteiger partial charge is 0.335 e. The molecule has 0 aliphatic carbocycles. The van der Waals surface area contributed by atoms with Crippen LogP contribution in [0.4, 0.5) is 11.4 Å². The number of carboxylic acid groups (broad SMARTS) is 1. The largest absolute Gasteiger partial charge is 0.496 e. The maximum Gasteiger partial charge on any atom is 0.335 e. The highest BCUT2D eigenvalue weighted by molar-refractivity contribution is 6.08. The minimum atomic E-state index is -1.05. The molecule has 210 valence electrons. The molecule has 0 fully saturated rings. The highest BCUT2D eigenvalue weighted by Gasteiger charge is 2.37. The van der Waals surface area contributed by atoms with E-state index in [-0.39, 0.29) is 43.4 Å². The first-order valence-corrected chi connectivity index (χ1v) is 12.9. The Hall–Kier alpha value is -4.48. The van der Waals surface area contributed by atoms with Crippen LogP contribution < -0.4 is 30.9 Å². The number of fused-ring (bicyclic) bond motifs is 2. The van der Waals surface area contributed by atoms with Crippen molar-refractivity contribution in [3.05, 3.63) is 65.7 Å². The third-order valence-electron chi connectivity index (χ3n) is 7.07. The molecule has 4 rings (SSSR count). The SMILES string of the molecule is CNC(C)C(=O)N[C@H]1CN(C(=O)CCN)c2ccccc2N(Cc2c(OC)ccc3cc(C(=O)O)ccc23)C1=O. The third-order valence-corrected chi connectivity index (χ3v) is 7.07. The Kier molecular flexibility index (Phi) is 8.66. The molecule has 40 heavy (non-hydrogen) atoms. The standard InChI is InChI=1S/C29H33N5O6/c1-17(31-2)27(36)32-22-16-33(26(35)12-13-30)23-6-4-5-7-24(23)34(28(22)37)15-21-20-10-8-19(29(38)39)14-18(20)9-11-25(21)40-3/h4-11,14,17,22,31H,12-13,15-16,30H2,1-3H3,(H,32,36)(H,38,39)/t17?,22-/m0/s1. The fraction of sp³-hybridized carbons (Fsp3) is 0.310. The van der Waals surface area contributed by atoms with E-state index >= 15 is 0 Å². The number of hydrogen-bond donors (Lipinski definition) is 4. The molecule has 1 unspecified atom stereocenters. The highest BCUT2D eigenvalue weighted by Crippen LogP contribution is 2.37. The van der Waals surface area contributed by atoms with Crippen molar-refractivity contribution in [1.29, 1.82) is 0 Å². The van der Waals surface area contributed by atoms with Gasteiger partial charge >= 0.3 is 5.97 Å². The molecule has 0 saturated carbocycles. The first-order chi connectivity index (χ1) is 19.2. The van der Waals surface area contributed by atoms with Gasteiger partial charge in [-0.15, -0.1) is 0 Å². The summed E-state index contributed by atoms with van der Waals surface area (Å²) in [5.74, 6) is -1.61. The zero-order valence-corrected chi connectivity index (χ0v) is 22.6. The number of aromatic carboxylic acids is 1. The first-order valence-electron chi connectivity index (χ1n) is 12.9. The Morgan fingerprint density at radius 1 is 1.12 bits per heavy atom. The summed E-state index contributed by atoms with van der Waals surface area (Å²) in [6.07, 6.45) is 0.0686. The monoisotopic (exact) mass is 547 g/mol. The number of ether oxygens (including phenoxy) is 1. The number of nitrogens with two attached hydrogens (primary N) is 1. The van der Waals surface area contributed by atoms with Gasteiger partial charge in [0, 0.05) is 18.5 Å². The number of likely N-dealkylation sites (N-methyl/N-ethyl adjacent to an activating group) is 1. The minimum Gasteiger partial charge on any atom is -0.496 e. The van der Waals surface area contributed by atoms with E-state index in [1.807, 2.05) is 0 Å². The number of para-hydroxylation sites is 2. The summed E-state index contributed by atoms with van der Waals surface area (Å²) in [7, 11) is 3.16. The second-order valence-corrected chi connectivity index (χ2v) is 9.52. The van der Waals surface area contributed by atoms with Crippen LogP contribution in [0.5, 0.6) is 5.75 Å². The molecule has 0 radical (unpaired) electrons. The Balaban J connectivity index is 1.87. The number of anilines is 2. The van der Waals surface area contributed by atoms with Gasteiger partial charge in [-0.3, -0.25) is 14.4 Å². The van der Waals surface area contributed by atoms with Gasteiger partial charge in [0.2, 0.25) is 11.8 Å². The lowest BCUT2D eigenvalue weighted by Gasteiger charge is -2.27. The van der Waals surface area contributed by atoms with E-state index in [4.69, 9.17) is 10.5 Å². The van der Waals surface area contributed by atoms with E-state index in [1.165, 1.54) is 23.0 Å². The fourth-order valence-electron chi connectivity index (χ4n) is 4.80. The normalized spacial score (nSPS) is 15.8. The summed E-state index contributed by atoms with van der Waals surface area (Å²) in [6, 6.07) is 13.7. The van der Waals surface area contributed by atoms with E-state index in [0.717, 1.165) is 0 Å². The molecule has 11 nitrogen and oxygen atoms in total. The summed E-state index contributed by atoms with van der Waals surface area (Å²) >= 11 is 0. The number of hydrogen-bond acceptors (Lipinski definition) is 7. The van der Waals surface area contributed by atoms with Crippen LogP contribution in [0.1, 0.15) is 29.3 Å². The van der Waals surface area contributed by atoms with Crippen LogP contribution in [0.3, 0.4) is 0 Å². The van der Waals surface area contributed by atoms with Crippen molar-refractivity contribution in [3.8, 4) is 5.75 Å². The van der Waals surface area contributed by atoms with Crippen molar-refractivity contribution in [2.24, 2.45) is 5.73 Å². The van der Waals surface area contributed by atoms with Gasteiger partial charge in [-0.25, -0.2) is 4.79 Å². The predicted molar refractivity (Wildman–Crippen MR) is 152 cm³/mol. The van der Waals surface area contributed by atoms with E-state index in [0.29, 0.717) is 33.5 Å². The Morgan fingerprint density at radius 3 is 2.50 bits per heavy atom. The number of benzene rings is 3. The molecule has 3 aromatic carbocycles. The zero-order valence-electron chi connectivity index (χ0n) is 22.6. The van der Waals surface area contributed by atoms with Gasteiger partial charge in [-0.05, 0) is 55.1 Å². The summed E-state index contributed by atoms with van der Waals surface area (Å²) < 4.78 is 5.65. The van der Waals surface area contributed by atoms with Crippen LogP contribution in [0.25, 0.3) is 10.8 Å². The average Bonchev–Trinajstić information content (AvgIpc) is 3.07. The van der Waals surface area contributed by atoms with Crippen molar-refractivity contribution in [3.63, 3.8) is 0 Å². The molecule has 3 aromatic rings. The molecule has 0 aromatic heterocycles. The van der Waals surface area contributed by atoms with Crippen LogP contribution in [0.2, 0.25) is 0 Å². The molecule has 0 bridgehead atoms. The average molecular weight is 548 g/mol. The summed E-state index contributed by atoms with van der Waals surface area (Å²) in [5, 5.41) is 16.5. The Labute approximate surface area is 231 Å². The quantitative estimate of drug-likeness (QED) is 0.317. The number of rotatable bonds is 9. The van der Waals surface area contributed by atoms with Gasteiger partial charge in [0.05, 0.1) is 43.2 Å². The van der Waals surface area contributed by atoms with Crippen LogP contribution in [0, 0.1) is 0 Å². The molecular formula is C29H33N5O6. The first kappa shape index (κ1) is 28.5. The minimum absolute atomic E-state index is 0.0374. The number of methoxy groups -OCH3 is 1. The molecule has 3 amide bonds. The molecule has 1 aliphatic heterocycles. The molecule has 5 N–H and O–H groups in total. The van der Waals surface area contributed by atoms with Crippen molar-refractivity contribution < 1.29 is 29.0 Å². The maximum absolute atomic E-state index is 14.2. The highest BCUT2D eigenvalue weighted by atomic mass is 16.5. The van der Waals surface area contributed by atoms with Crippen molar-refractivity contribution >= 4 is 45.8 Å². The molecule has 1 aliphatic rings. The number of carboxylic acids is 1. The summed E-state index contributed by atoms with van der Waals surface area (Å²) in [4.78, 5) is 54.8. The van der Waals surface area contributed by atoms with Crippen molar-refractivity contribution in [1.82, 2.24) is 10.6 Å². The van der Waals surface area contributed by atoms with Gasteiger partial charge in [0.1, 0.15) is 11.8 Å². The summed E-state index contributed by atoms with van der Waals surface area (Å²) in [6.45, 7) is 1.78. The number of nitrogens with one attached hydrogen (secondary N) is 2. The number of amides is 3. The summed E-state index contributed by atoms with van der Waals surface area (Å²) in [5.41, 5.74) is 7.47. The van der Waals surface area contributed by atoms with Crippen LogP contribution in [-0.4, -0.2) is 68.1 Å². The second kappa shape index (κ2) is 12.1. The van der Waals surface area contributed by atoms with E-state index in [9.17, 15) is 24.3 Å². The number of carbonyl (C=O) groups excluding carboxylic acids is 3. The lowest BCUT2D eigenvalue weighted by atomic mass is 10.00. The van der Waals surface area contributed by atoms with Crippen LogP contribution in [0.15, 0.2) is 54.6 Å². The van der Waals surface area contributed by atoms with Crippen molar-refractivity contribution in [2.75, 3.05) is 37.0 Å². The molecule has 1 heterocycles. The van der Waals surface area contributed by atoms with Gasteiger partial charge < -0.3 is 36.0 Å². The van der Waals surface area contributed by atoms with Gasteiger partial charge in [-0.2, -0.15) is 0 Å². The zero-order chi connectivity index (χ0) is 29.0. The van der Waals surface area contributed by atoms with Gasteiger partial charge in [0.15, 0.2) is 0 Å². The Bertz CT molecular complexity index is 1460. The topological polar surface area (TPSA) is 154 Å². The third kappa shape index (κ3) is 5.61. The van der Waals surface area contributed by atoms with Crippen LogP contribution in [-0.2, 0) is 20.9 Å².